The molecule has 1 spiro atoms. The van der Waals surface area contributed by atoms with Crippen molar-refractivity contribution in [2.24, 2.45) is 0 Å². The average molecular weight is 288 g/mol. The van der Waals surface area contributed by atoms with E-state index in [9.17, 15) is 4.79 Å². The molecule has 1 atom stereocenters. The van der Waals surface area contributed by atoms with Crippen molar-refractivity contribution < 1.29 is 19.3 Å². The minimum absolute atomic E-state index is 0.218. The maximum atomic E-state index is 11.4. The summed E-state index contributed by atoms with van der Waals surface area (Å²) in [6, 6.07) is 9.93. The van der Waals surface area contributed by atoms with E-state index in [-0.39, 0.29) is 11.9 Å². The summed E-state index contributed by atoms with van der Waals surface area (Å²) in [4.78, 5) is 22.6. The summed E-state index contributed by atoms with van der Waals surface area (Å²) in [5, 5.41) is 0. The van der Waals surface area contributed by atoms with Crippen LogP contribution in [0.15, 0.2) is 36.9 Å². The third-order valence-corrected chi connectivity index (χ3v) is 4.16. The van der Waals surface area contributed by atoms with Crippen LogP contribution in [0.5, 0.6) is 0 Å². The fraction of sp³-hybridized carbons (Fsp3) is 0.471. The van der Waals surface area contributed by atoms with Gasteiger partial charge in [0.15, 0.2) is 0 Å². The number of hydrogen-bond acceptors (Lipinski definition) is 4. The van der Waals surface area contributed by atoms with Gasteiger partial charge in [-0.2, -0.15) is 0 Å². The Morgan fingerprint density at radius 1 is 1.19 bits per heavy atom. The van der Waals surface area contributed by atoms with E-state index < -0.39 is 5.79 Å². The standard InChI is InChI=1S/C17H20O4/c1-13(14-5-3-2-4-6-14)16-9-12-19-17(21-20-16)10-7-15(18)8-11-17/h2-6,16H,1,7-12H2. The smallest absolute Gasteiger partial charge is 0.202 e. The largest absolute Gasteiger partial charge is 0.347 e. The molecule has 0 bridgehead atoms. The van der Waals surface area contributed by atoms with Gasteiger partial charge in [-0.25, -0.2) is 9.78 Å². The van der Waals surface area contributed by atoms with E-state index in [1.54, 1.807) is 0 Å². The molecule has 1 heterocycles. The van der Waals surface area contributed by atoms with Gasteiger partial charge < -0.3 is 4.74 Å². The number of rotatable bonds is 2. The van der Waals surface area contributed by atoms with E-state index in [2.05, 4.69) is 6.58 Å². The molecule has 1 unspecified atom stereocenters. The van der Waals surface area contributed by atoms with Crippen molar-refractivity contribution in [1.29, 1.82) is 0 Å². The second-order valence-corrected chi connectivity index (χ2v) is 5.65. The fourth-order valence-corrected chi connectivity index (χ4v) is 2.78. The van der Waals surface area contributed by atoms with Crippen LogP contribution in [0.1, 0.15) is 37.7 Å². The van der Waals surface area contributed by atoms with Crippen LogP contribution >= 0.6 is 0 Å². The normalized spacial score (nSPS) is 25.5. The average Bonchev–Trinajstić information content (AvgIpc) is 2.74. The Labute approximate surface area is 124 Å². The second kappa shape index (κ2) is 6.10. The molecule has 1 saturated heterocycles. The summed E-state index contributed by atoms with van der Waals surface area (Å²) in [7, 11) is 0. The van der Waals surface area contributed by atoms with E-state index in [1.165, 1.54) is 0 Å². The molecular formula is C17H20O4. The minimum atomic E-state index is -0.750. The third kappa shape index (κ3) is 3.23. The number of carbonyl (C=O) groups is 1. The van der Waals surface area contributed by atoms with E-state index in [1.807, 2.05) is 30.3 Å². The molecule has 1 aromatic carbocycles. The molecule has 1 aliphatic carbocycles. The molecule has 4 heteroatoms. The van der Waals surface area contributed by atoms with Crippen molar-refractivity contribution in [3.63, 3.8) is 0 Å². The molecule has 0 radical (unpaired) electrons. The predicted molar refractivity (Wildman–Crippen MR) is 78.2 cm³/mol. The van der Waals surface area contributed by atoms with Crippen LogP contribution in [0.3, 0.4) is 0 Å². The first-order valence-electron chi connectivity index (χ1n) is 7.43. The molecule has 21 heavy (non-hydrogen) atoms. The zero-order valence-electron chi connectivity index (χ0n) is 12.0. The molecule has 1 aliphatic heterocycles. The predicted octanol–water partition coefficient (Wildman–Crippen LogP) is 3.28. The lowest BCUT2D eigenvalue weighted by Gasteiger charge is -2.33. The van der Waals surface area contributed by atoms with Gasteiger partial charge in [0.1, 0.15) is 11.9 Å². The molecule has 2 fully saturated rings. The topological polar surface area (TPSA) is 44.8 Å². The van der Waals surface area contributed by atoms with Crippen molar-refractivity contribution in [1.82, 2.24) is 0 Å². The van der Waals surface area contributed by atoms with Crippen molar-refractivity contribution in [3.8, 4) is 0 Å². The molecule has 0 aromatic heterocycles. The first-order valence-corrected chi connectivity index (χ1v) is 7.43. The highest BCUT2D eigenvalue weighted by Gasteiger charge is 2.41. The van der Waals surface area contributed by atoms with Gasteiger partial charge in [0.05, 0.1) is 6.61 Å². The molecule has 4 nitrogen and oxygen atoms in total. The minimum Gasteiger partial charge on any atom is -0.347 e. The molecule has 112 valence electrons. The van der Waals surface area contributed by atoms with Gasteiger partial charge in [-0.05, 0) is 11.1 Å². The monoisotopic (exact) mass is 288 g/mol. The Balaban J connectivity index is 1.66. The molecule has 1 saturated carbocycles. The number of ketones is 1. The first-order chi connectivity index (χ1) is 10.2. The van der Waals surface area contributed by atoms with Gasteiger partial charge in [0.25, 0.3) is 0 Å². The van der Waals surface area contributed by atoms with Gasteiger partial charge in [0, 0.05) is 32.1 Å². The van der Waals surface area contributed by atoms with Crippen LogP contribution in [-0.2, 0) is 19.3 Å². The molecular weight excluding hydrogens is 268 g/mol. The SMILES string of the molecule is C=C(c1ccccc1)C1CCOC2(CCC(=O)CC2)OO1. The lowest BCUT2D eigenvalue weighted by atomic mass is 9.93. The van der Waals surface area contributed by atoms with Gasteiger partial charge >= 0.3 is 0 Å². The number of ether oxygens (including phenoxy) is 1. The van der Waals surface area contributed by atoms with Crippen LogP contribution in [0.25, 0.3) is 5.57 Å². The molecule has 2 aliphatic rings. The van der Waals surface area contributed by atoms with E-state index in [4.69, 9.17) is 14.5 Å². The maximum absolute atomic E-state index is 11.4. The van der Waals surface area contributed by atoms with Crippen molar-refractivity contribution in [3.05, 3.63) is 42.5 Å². The molecule has 1 aromatic rings. The summed E-state index contributed by atoms with van der Waals surface area (Å²) in [6.45, 7) is 4.67. The van der Waals surface area contributed by atoms with E-state index >= 15 is 0 Å². The Kier molecular flexibility index (Phi) is 4.19. The molecule has 3 rings (SSSR count). The summed E-state index contributed by atoms with van der Waals surface area (Å²) in [5.74, 6) is -0.484. The molecule has 0 N–H and O–H groups in total. The summed E-state index contributed by atoms with van der Waals surface area (Å²) >= 11 is 0. The Morgan fingerprint density at radius 2 is 1.90 bits per heavy atom. The van der Waals surface area contributed by atoms with Crippen molar-refractivity contribution in [2.75, 3.05) is 6.61 Å². The summed E-state index contributed by atoms with van der Waals surface area (Å²) in [5.41, 5.74) is 1.93. The zero-order valence-corrected chi connectivity index (χ0v) is 12.0. The number of benzene rings is 1. The van der Waals surface area contributed by atoms with Crippen LogP contribution in [0.2, 0.25) is 0 Å². The highest BCUT2D eigenvalue weighted by molar-refractivity contribution is 5.79. The Morgan fingerprint density at radius 3 is 2.62 bits per heavy atom. The van der Waals surface area contributed by atoms with Crippen LogP contribution in [-0.4, -0.2) is 24.3 Å². The van der Waals surface area contributed by atoms with Crippen LogP contribution < -0.4 is 0 Å². The summed E-state index contributed by atoms with van der Waals surface area (Å²) in [6.07, 6.45) is 2.60. The van der Waals surface area contributed by atoms with Crippen LogP contribution in [0, 0.1) is 0 Å². The highest BCUT2D eigenvalue weighted by atomic mass is 17.2. The second-order valence-electron chi connectivity index (χ2n) is 5.65. The van der Waals surface area contributed by atoms with Crippen molar-refractivity contribution in [2.45, 2.75) is 44.0 Å². The maximum Gasteiger partial charge on any atom is 0.202 e. The summed E-state index contributed by atoms with van der Waals surface area (Å²) < 4.78 is 5.86. The zero-order chi connectivity index (χ0) is 14.7. The lowest BCUT2D eigenvalue weighted by Crippen LogP contribution is -2.39. The van der Waals surface area contributed by atoms with Crippen LogP contribution in [0.4, 0.5) is 0 Å². The quantitative estimate of drug-likeness (QED) is 0.783. The third-order valence-electron chi connectivity index (χ3n) is 4.16. The van der Waals surface area contributed by atoms with Gasteiger partial charge in [-0.15, -0.1) is 0 Å². The Bertz CT molecular complexity index is 513. The van der Waals surface area contributed by atoms with Gasteiger partial charge in [0.2, 0.25) is 5.79 Å². The first kappa shape index (κ1) is 14.4. The van der Waals surface area contributed by atoms with Crippen molar-refractivity contribution >= 4 is 11.4 Å². The fourth-order valence-electron chi connectivity index (χ4n) is 2.78. The Hall–Kier alpha value is -1.49. The number of carbonyl (C=O) groups excluding carboxylic acids is 1. The van der Waals surface area contributed by atoms with E-state index in [0.29, 0.717) is 38.7 Å². The lowest BCUT2D eigenvalue weighted by molar-refractivity contribution is -0.427. The van der Waals surface area contributed by atoms with E-state index in [0.717, 1.165) is 11.1 Å². The molecule has 0 amide bonds. The number of hydrogen-bond donors (Lipinski definition) is 0. The van der Waals surface area contributed by atoms with Gasteiger partial charge in [-0.3, -0.25) is 4.79 Å². The number of Topliss-reactive ketones (excluding diaryl/α,β-unsaturated/α-hetero) is 1. The highest BCUT2D eigenvalue weighted by Crippen LogP contribution is 2.35. The van der Waals surface area contributed by atoms with Gasteiger partial charge in [-0.1, -0.05) is 36.9 Å².